The van der Waals surface area contributed by atoms with Crippen molar-refractivity contribution in [3.8, 4) is 5.75 Å². The Kier molecular flexibility index (Phi) is 6.42. The number of hydrogen-bond donors (Lipinski definition) is 2. The first kappa shape index (κ1) is 19.7. The van der Waals surface area contributed by atoms with E-state index in [1.54, 1.807) is 17.0 Å². The molecule has 1 aliphatic heterocycles. The number of rotatable bonds is 7. The first-order valence-corrected chi connectivity index (χ1v) is 9.92. The fourth-order valence-electron chi connectivity index (χ4n) is 2.88. The van der Waals surface area contributed by atoms with Crippen molar-refractivity contribution < 1.29 is 17.9 Å². The molecule has 1 aromatic rings. The Morgan fingerprint density at radius 1 is 1.36 bits per heavy atom. The molecule has 1 amide bonds. The molecule has 1 heterocycles. The third-order valence-electron chi connectivity index (χ3n) is 4.52. The molecule has 0 aromatic heterocycles. The Morgan fingerprint density at radius 2 is 2.00 bits per heavy atom. The van der Waals surface area contributed by atoms with Gasteiger partial charge < -0.3 is 15.4 Å². The maximum atomic E-state index is 12.8. The molecular formula is C17H27N3O4S. The van der Waals surface area contributed by atoms with E-state index >= 15 is 0 Å². The van der Waals surface area contributed by atoms with Crippen LogP contribution in [0.15, 0.2) is 29.2 Å². The first-order valence-electron chi connectivity index (χ1n) is 8.43. The Hall–Kier alpha value is -1.64. The van der Waals surface area contributed by atoms with Crippen LogP contribution in [-0.2, 0) is 14.8 Å². The average Bonchev–Trinajstić information content (AvgIpc) is 3.08. The van der Waals surface area contributed by atoms with Gasteiger partial charge in [-0.25, -0.2) is 8.42 Å². The monoisotopic (exact) mass is 369 g/mol. The van der Waals surface area contributed by atoms with Gasteiger partial charge in [-0.1, -0.05) is 13.8 Å². The van der Waals surface area contributed by atoms with Crippen molar-refractivity contribution in [2.45, 2.75) is 31.2 Å². The lowest BCUT2D eigenvalue weighted by atomic mass is 10.0. The summed E-state index contributed by atoms with van der Waals surface area (Å²) in [5.74, 6) is 0.496. The lowest BCUT2D eigenvalue weighted by Crippen LogP contribution is -2.50. The van der Waals surface area contributed by atoms with Gasteiger partial charge in [0, 0.05) is 13.1 Å². The summed E-state index contributed by atoms with van der Waals surface area (Å²) < 4.78 is 32.9. The second-order valence-electron chi connectivity index (χ2n) is 6.69. The highest BCUT2D eigenvalue weighted by Crippen LogP contribution is 2.20. The molecule has 0 saturated carbocycles. The minimum absolute atomic E-state index is 0.105. The maximum Gasteiger partial charge on any atom is 0.241 e. The van der Waals surface area contributed by atoms with Crippen molar-refractivity contribution in [2.75, 3.05) is 26.7 Å². The number of methoxy groups -OCH3 is 1. The number of hydrogen-bond acceptors (Lipinski definition) is 5. The summed E-state index contributed by atoms with van der Waals surface area (Å²) in [5.41, 5.74) is 5.67. The molecule has 1 fully saturated rings. The Balaban J connectivity index is 2.15. The summed E-state index contributed by atoms with van der Waals surface area (Å²) in [5, 5.41) is 0. The number of carbonyl (C=O) groups is 1. The summed E-state index contributed by atoms with van der Waals surface area (Å²) in [7, 11) is -2.29. The smallest absolute Gasteiger partial charge is 0.241 e. The van der Waals surface area contributed by atoms with Crippen LogP contribution in [0.4, 0.5) is 0 Å². The van der Waals surface area contributed by atoms with Crippen LogP contribution in [0.5, 0.6) is 5.75 Å². The predicted octanol–water partition coefficient (Wildman–Crippen LogP) is 0.805. The number of sulfonamides is 1. The van der Waals surface area contributed by atoms with Gasteiger partial charge in [0.05, 0.1) is 12.0 Å². The van der Waals surface area contributed by atoms with Gasteiger partial charge in [0.2, 0.25) is 15.9 Å². The topological polar surface area (TPSA) is 102 Å². The second kappa shape index (κ2) is 8.16. The molecule has 1 aromatic carbocycles. The lowest BCUT2D eigenvalue weighted by molar-refractivity contribution is -0.133. The summed E-state index contributed by atoms with van der Waals surface area (Å²) in [4.78, 5) is 14.6. The van der Waals surface area contributed by atoms with Crippen molar-refractivity contribution in [1.29, 1.82) is 0 Å². The van der Waals surface area contributed by atoms with Gasteiger partial charge in [0.1, 0.15) is 11.8 Å². The minimum Gasteiger partial charge on any atom is -0.497 e. The number of nitrogens with zero attached hydrogens (tertiary/aromatic N) is 1. The third kappa shape index (κ3) is 4.71. The molecule has 3 N–H and O–H groups in total. The highest BCUT2D eigenvalue weighted by Gasteiger charge is 2.34. The molecule has 0 spiro atoms. The van der Waals surface area contributed by atoms with Crippen LogP contribution in [0.3, 0.4) is 0 Å². The molecule has 8 heteroatoms. The number of likely N-dealkylation sites (tertiary alicyclic amines) is 1. The highest BCUT2D eigenvalue weighted by molar-refractivity contribution is 7.89. The van der Waals surface area contributed by atoms with Gasteiger partial charge in [-0.05, 0) is 49.1 Å². The van der Waals surface area contributed by atoms with E-state index in [1.165, 1.54) is 19.2 Å². The summed E-state index contributed by atoms with van der Waals surface area (Å²) in [6.45, 7) is 5.40. The Morgan fingerprint density at radius 3 is 2.48 bits per heavy atom. The van der Waals surface area contributed by atoms with Crippen LogP contribution in [0.2, 0.25) is 0 Å². The molecule has 140 valence electrons. The molecule has 2 unspecified atom stereocenters. The zero-order chi connectivity index (χ0) is 18.6. The second-order valence-corrected chi connectivity index (χ2v) is 8.41. The van der Waals surface area contributed by atoms with Gasteiger partial charge in [-0.15, -0.1) is 0 Å². The van der Waals surface area contributed by atoms with Crippen LogP contribution in [-0.4, -0.2) is 52.0 Å². The number of nitrogens with two attached hydrogens (primary N) is 1. The zero-order valence-corrected chi connectivity index (χ0v) is 15.8. The number of nitrogens with one attached hydrogen (secondary N) is 1. The number of amides is 1. The molecule has 1 aliphatic rings. The van der Waals surface area contributed by atoms with Gasteiger partial charge in [-0.3, -0.25) is 4.79 Å². The minimum atomic E-state index is -3.80. The van der Waals surface area contributed by atoms with Crippen LogP contribution < -0.4 is 15.2 Å². The van der Waals surface area contributed by atoms with Crippen molar-refractivity contribution in [1.82, 2.24) is 9.62 Å². The van der Waals surface area contributed by atoms with Crippen molar-refractivity contribution in [3.05, 3.63) is 24.3 Å². The average molecular weight is 369 g/mol. The van der Waals surface area contributed by atoms with Crippen LogP contribution >= 0.6 is 0 Å². The summed E-state index contributed by atoms with van der Waals surface area (Å²) in [6.07, 6.45) is 0.859. The molecule has 7 nitrogen and oxygen atoms in total. The standard InChI is InChI=1S/C17H27N3O4S/c1-12(2)16(17(21)20-9-8-13(10-18)11-20)19-25(22,23)15-6-4-14(24-3)5-7-15/h4-7,12-13,16,19H,8-11,18H2,1-3H3. The largest absolute Gasteiger partial charge is 0.497 e. The number of benzene rings is 1. The van der Waals surface area contributed by atoms with E-state index < -0.39 is 16.1 Å². The van der Waals surface area contributed by atoms with Gasteiger partial charge in [0.25, 0.3) is 0 Å². The van der Waals surface area contributed by atoms with E-state index in [1.807, 2.05) is 13.8 Å². The third-order valence-corrected chi connectivity index (χ3v) is 5.97. The Bertz CT molecular complexity index is 688. The van der Waals surface area contributed by atoms with Gasteiger partial charge in [0.15, 0.2) is 0 Å². The molecule has 2 atom stereocenters. The van der Waals surface area contributed by atoms with Crippen molar-refractivity contribution >= 4 is 15.9 Å². The Labute approximate surface area is 149 Å². The van der Waals surface area contributed by atoms with Crippen LogP contribution in [0.25, 0.3) is 0 Å². The molecule has 25 heavy (non-hydrogen) atoms. The van der Waals surface area contributed by atoms with E-state index in [-0.39, 0.29) is 22.6 Å². The molecular weight excluding hydrogens is 342 g/mol. The SMILES string of the molecule is COc1ccc(S(=O)(=O)NC(C(=O)N2CCC(CN)C2)C(C)C)cc1. The van der Waals surface area contributed by atoms with E-state index in [9.17, 15) is 13.2 Å². The normalized spacial score (nSPS) is 19.2. The number of ether oxygens (including phenoxy) is 1. The maximum absolute atomic E-state index is 12.8. The molecule has 0 radical (unpaired) electrons. The quantitative estimate of drug-likeness (QED) is 0.740. The van der Waals surface area contributed by atoms with E-state index in [0.29, 0.717) is 25.4 Å². The zero-order valence-electron chi connectivity index (χ0n) is 14.9. The number of carbonyl (C=O) groups excluding carboxylic acids is 1. The van der Waals surface area contributed by atoms with Crippen molar-refractivity contribution in [3.63, 3.8) is 0 Å². The molecule has 0 bridgehead atoms. The van der Waals surface area contributed by atoms with Gasteiger partial charge in [-0.2, -0.15) is 4.72 Å². The lowest BCUT2D eigenvalue weighted by Gasteiger charge is -2.27. The predicted molar refractivity (Wildman–Crippen MR) is 95.7 cm³/mol. The summed E-state index contributed by atoms with van der Waals surface area (Å²) in [6, 6.07) is 5.27. The summed E-state index contributed by atoms with van der Waals surface area (Å²) >= 11 is 0. The van der Waals surface area contributed by atoms with Crippen LogP contribution in [0.1, 0.15) is 20.3 Å². The molecule has 1 saturated heterocycles. The highest BCUT2D eigenvalue weighted by atomic mass is 32.2. The first-order chi connectivity index (χ1) is 11.8. The fraction of sp³-hybridized carbons (Fsp3) is 0.588. The van der Waals surface area contributed by atoms with E-state index in [4.69, 9.17) is 10.5 Å². The van der Waals surface area contributed by atoms with E-state index in [2.05, 4.69) is 4.72 Å². The van der Waals surface area contributed by atoms with Crippen LogP contribution in [0, 0.1) is 11.8 Å². The van der Waals surface area contributed by atoms with Gasteiger partial charge >= 0.3 is 0 Å². The fourth-order valence-corrected chi connectivity index (χ4v) is 4.22. The molecule has 0 aliphatic carbocycles. The van der Waals surface area contributed by atoms with Crippen molar-refractivity contribution in [2.24, 2.45) is 17.6 Å². The van der Waals surface area contributed by atoms with E-state index in [0.717, 1.165) is 6.42 Å². The molecule has 2 rings (SSSR count).